The van der Waals surface area contributed by atoms with E-state index >= 15 is 0 Å². The van der Waals surface area contributed by atoms with Crippen molar-refractivity contribution in [2.45, 2.75) is 30.2 Å². The van der Waals surface area contributed by atoms with Crippen LogP contribution in [0.1, 0.15) is 24.8 Å². The molecule has 0 aromatic heterocycles. The molecule has 1 saturated heterocycles. The third-order valence-corrected chi connectivity index (χ3v) is 5.16. The van der Waals surface area contributed by atoms with Crippen molar-refractivity contribution in [2.75, 3.05) is 25.4 Å². The van der Waals surface area contributed by atoms with Gasteiger partial charge in [-0.05, 0) is 30.7 Å². The van der Waals surface area contributed by atoms with Crippen LogP contribution in [0.15, 0.2) is 29.2 Å². The molecule has 3 rings (SSSR count). The minimum absolute atomic E-state index is 0.0676. The van der Waals surface area contributed by atoms with Crippen LogP contribution in [0, 0.1) is 0 Å². The lowest BCUT2D eigenvalue weighted by molar-refractivity contribution is -0.135. The standard InChI is InChI=1S/C15H20N2OS/c1-11-10-16-7-8-17(11)15(18)13-6-9-19-14-5-3-2-4-12(13)14/h2-5,11,13,16H,6-10H2,1H3/t11-,13?/m0/s1. The second kappa shape index (κ2) is 5.55. The summed E-state index contributed by atoms with van der Waals surface area (Å²) in [5, 5.41) is 3.34. The summed E-state index contributed by atoms with van der Waals surface area (Å²) in [6.45, 7) is 4.80. The van der Waals surface area contributed by atoms with Gasteiger partial charge in [-0.1, -0.05) is 18.2 Å². The smallest absolute Gasteiger partial charge is 0.230 e. The normalized spacial score (nSPS) is 26.9. The number of carbonyl (C=O) groups is 1. The minimum Gasteiger partial charge on any atom is -0.337 e. The van der Waals surface area contributed by atoms with Crippen molar-refractivity contribution in [3.63, 3.8) is 0 Å². The molecule has 4 heteroatoms. The quantitative estimate of drug-likeness (QED) is 0.852. The zero-order valence-corrected chi connectivity index (χ0v) is 12.1. The van der Waals surface area contributed by atoms with Gasteiger partial charge in [0.15, 0.2) is 0 Å². The van der Waals surface area contributed by atoms with E-state index < -0.39 is 0 Å². The number of nitrogens with zero attached hydrogens (tertiary/aromatic N) is 1. The Morgan fingerprint density at radius 2 is 2.26 bits per heavy atom. The van der Waals surface area contributed by atoms with Crippen LogP contribution in [0.2, 0.25) is 0 Å². The van der Waals surface area contributed by atoms with Gasteiger partial charge in [0.1, 0.15) is 0 Å². The first-order valence-corrected chi connectivity index (χ1v) is 7.99. The van der Waals surface area contributed by atoms with Crippen LogP contribution < -0.4 is 5.32 Å². The summed E-state index contributed by atoms with van der Waals surface area (Å²) in [6.07, 6.45) is 0.969. The van der Waals surface area contributed by atoms with E-state index in [4.69, 9.17) is 0 Å². The van der Waals surface area contributed by atoms with E-state index in [1.807, 2.05) is 17.8 Å². The number of nitrogens with one attached hydrogen (secondary N) is 1. The molecule has 102 valence electrons. The number of piperazine rings is 1. The molecule has 2 atom stereocenters. The average Bonchev–Trinajstić information content (AvgIpc) is 2.46. The molecule has 1 unspecified atom stereocenters. The predicted molar refractivity (Wildman–Crippen MR) is 78.6 cm³/mol. The molecule has 1 fully saturated rings. The molecule has 19 heavy (non-hydrogen) atoms. The van der Waals surface area contributed by atoms with Crippen molar-refractivity contribution < 1.29 is 4.79 Å². The van der Waals surface area contributed by atoms with Crippen LogP contribution in [0.3, 0.4) is 0 Å². The lowest BCUT2D eigenvalue weighted by atomic mass is 9.93. The van der Waals surface area contributed by atoms with Crippen molar-refractivity contribution >= 4 is 17.7 Å². The second-order valence-electron chi connectivity index (χ2n) is 5.31. The molecule has 1 aromatic carbocycles. The van der Waals surface area contributed by atoms with Crippen LogP contribution in [0.25, 0.3) is 0 Å². The zero-order chi connectivity index (χ0) is 13.2. The van der Waals surface area contributed by atoms with E-state index in [1.165, 1.54) is 10.5 Å². The fourth-order valence-corrected chi connectivity index (χ4v) is 4.09. The Bertz CT molecular complexity index is 477. The third-order valence-electron chi connectivity index (χ3n) is 4.04. The molecule has 1 amide bonds. The number of rotatable bonds is 1. The molecule has 0 saturated carbocycles. The Balaban J connectivity index is 1.84. The van der Waals surface area contributed by atoms with Crippen molar-refractivity contribution in [3.05, 3.63) is 29.8 Å². The average molecular weight is 276 g/mol. The SMILES string of the molecule is C[C@H]1CNCCN1C(=O)C1CCSc2ccccc21. The van der Waals surface area contributed by atoms with Crippen molar-refractivity contribution in [1.82, 2.24) is 10.2 Å². The first-order chi connectivity index (χ1) is 9.27. The molecule has 0 spiro atoms. The molecule has 0 radical (unpaired) electrons. The van der Waals surface area contributed by atoms with Crippen LogP contribution in [-0.4, -0.2) is 42.2 Å². The molecule has 2 aliphatic rings. The molecular formula is C15H20N2OS. The minimum atomic E-state index is 0.0676. The highest BCUT2D eigenvalue weighted by Crippen LogP contribution is 2.38. The summed E-state index contributed by atoms with van der Waals surface area (Å²) in [6, 6.07) is 8.68. The summed E-state index contributed by atoms with van der Waals surface area (Å²) < 4.78 is 0. The fraction of sp³-hybridized carbons (Fsp3) is 0.533. The first-order valence-electron chi connectivity index (χ1n) is 7.00. The zero-order valence-electron chi connectivity index (χ0n) is 11.3. The number of hydrogen-bond acceptors (Lipinski definition) is 3. The Kier molecular flexibility index (Phi) is 3.80. The highest BCUT2D eigenvalue weighted by Gasteiger charge is 2.32. The summed E-state index contributed by atoms with van der Waals surface area (Å²) >= 11 is 1.87. The van der Waals surface area contributed by atoms with Gasteiger partial charge >= 0.3 is 0 Å². The number of thioether (sulfide) groups is 1. The van der Waals surface area contributed by atoms with Gasteiger partial charge in [0, 0.05) is 30.6 Å². The molecule has 1 N–H and O–H groups in total. The molecule has 0 bridgehead atoms. The third kappa shape index (κ3) is 2.51. The molecular weight excluding hydrogens is 256 g/mol. The Morgan fingerprint density at radius 3 is 3.11 bits per heavy atom. The summed E-state index contributed by atoms with van der Waals surface area (Å²) in [7, 11) is 0. The Hall–Kier alpha value is -1.00. The molecule has 0 aliphatic carbocycles. The van der Waals surface area contributed by atoms with Gasteiger partial charge in [-0.15, -0.1) is 11.8 Å². The van der Waals surface area contributed by atoms with Crippen molar-refractivity contribution in [1.29, 1.82) is 0 Å². The number of carbonyl (C=O) groups excluding carboxylic acids is 1. The van der Waals surface area contributed by atoms with Gasteiger partial charge in [-0.2, -0.15) is 0 Å². The molecule has 1 aromatic rings. The van der Waals surface area contributed by atoms with Crippen LogP contribution >= 0.6 is 11.8 Å². The maximum Gasteiger partial charge on any atom is 0.230 e. The van der Waals surface area contributed by atoms with Crippen LogP contribution in [0.5, 0.6) is 0 Å². The monoisotopic (exact) mass is 276 g/mol. The number of fused-ring (bicyclic) bond motifs is 1. The van der Waals surface area contributed by atoms with E-state index in [0.29, 0.717) is 11.9 Å². The van der Waals surface area contributed by atoms with Gasteiger partial charge in [-0.3, -0.25) is 4.79 Å². The fourth-order valence-electron chi connectivity index (χ4n) is 2.97. The lowest BCUT2D eigenvalue weighted by Crippen LogP contribution is -2.53. The van der Waals surface area contributed by atoms with Gasteiger partial charge < -0.3 is 10.2 Å². The van der Waals surface area contributed by atoms with Crippen LogP contribution in [-0.2, 0) is 4.79 Å². The first kappa shape index (κ1) is 13.0. The van der Waals surface area contributed by atoms with E-state index in [2.05, 4.69) is 35.3 Å². The van der Waals surface area contributed by atoms with Gasteiger partial charge in [0.25, 0.3) is 0 Å². The second-order valence-corrected chi connectivity index (χ2v) is 6.45. The molecule has 3 nitrogen and oxygen atoms in total. The molecule has 2 heterocycles. The maximum atomic E-state index is 12.8. The Morgan fingerprint density at radius 1 is 1.42 bits per heavy atom. The summed E-state index contributed by atoms with van der Waals surface area (Å²) in [4.78, 5) is 16.2. The maximum absolute atomic E-state index is 12.8. The van der Waals surface area contributed by atoms with Crippen molar-refractivity contribution in [3.8, 4) is 0 Å². The van der Waals surface area contributed by atoms with E-state index in [0.717, 1.165) is 31.8 Å². The Labute approximate surface area is 118 Å². The predicted octanol–water partition coefficient (Wildman–Crippen LogP) is 2.09. The highest BCUT2D eigenvalue weighted by molar-refractivity contribution is 7.99. The van der Waals surface area contributed by atoms with Gasteiger partial charge in [-0.25, -0.2) is 0 Å². The summed E-state index contributed by atoms with van der Waals surface area (Å²) in [5.74, 6) is 1.44. The van der Waals surface area contributed by atoms with Gasteiger partial charge in [0.05, 0.1) is 5.92 Å². The number of hydrogen-bond donors (Lipinski definition) is 1. The highest BCUT2D eigenvalue weighted by atomic mass is 32.2. The molecule has 2 aliphatic heterocycles. The largest absolute Gasteiger partial charge is 0.337 e. The summed E-state index contributed by atoms with van der Waals surface area (Å²) in [5.41, 5.74) is 1.23. The van der Waals surface area contributed by atoms with E-state index in [-0.39, 0.29) is 5.92 Å². The van der Waals surface area contributed by atoms with E-state index in [9.17, 15) is 4.79 Å². The van der Waals surface area contributed by atoms with Crippen molar-refractivity contribution in [2.24, 2.45) is 0 Å². The number of amides is 1. The lowest BCUT2D eigenvalue weighted by Gasteiger charge is -2.37. The number of benzene rings is 1. The van der Waals surface area contributed by atoms with Gasteiger partial charge in [0.2, 0.25) is 5.91 Å². The van der Waals surface area contributed by atoms with E-state index in [1.54, 1.807) is 0 Å². The topological polar surface area (TPSA) is 32.3 Å². The van der Waals surface area contributed by atoms with Crippen LogP contribution in [0.4, 0.5) is 0 Å².